The Morgan fingerprint density at radius 2 is 2.36 bits per heavy atom. The molecule has 0 aliphatic carbocycles. The molecule has 1 aromatic rings. The summed E-state index contributed by atoms with van der Waals surface area (Å²) in [4.78, 5) is 10.7. The minimum atomic E-state index is -0.313. The molecule has 1 radical (unpaired) electrons. The molecule has 1 aromatic carbocycles. The van der Waals surface area contributed by atoms with E-state index in [1.54, 1.807) is 13.0 Å². The molecule has 0 saturated heterocycles. The molecule has 2 heteroatoms. The van der Waals surface area contributed by atoms with Crippen LogP contribution in [-0.4, -0.2) is 5.91 Å². The summed E-state index contributed by atoms with van der Waals surface area (Å²) < 4.78 is 0. The smallest absolute Gasteiger partial charge is 0.224 e. The van der Waals surface area contributed by atoms with E-state index in [-0.39, 0.29) is 11.8 Å². The standard InChI is InChI=1S/C9H10NO/c1-7(9(10)11)8-5-3-2-4-6-8/h2-5,7H,1H3,(H2,10,11). The molecule has 0 aliphatic heterocycles. The number of hydrogen-bond donors (Lipinski definition) is 1. The maximum atomic E-state index is 10.7. The average molecular weight is 148 g/mol. The van der Waals surface area contributed by atoms with Crippen LogP contribution in [0, 0.1) is 6.07 Å². The third-order valence-electron chi connectivity index (χ3n) is 1.63. The molecular weight excluding hydrogens is 138 g/mol. The van der Waals surface area contributed by atoms with E-state index >= 15 is 0 Å². The molecule has 0 fully saturated rings. The van der Waals surface area contributed by atoms with E-state index in [4.69, 9.17) is 5.73 Å². The first kappa shape index (κ1) is 7.79. The van der Waals surface area contributed by atoms with Crippen LogP contribution in [-0.2, 0) is 4.79 Å². The maximum absolute atomic E-state index is 10.7. The highest BCUT2D eigenvalue weighted by Crippen LogP contribution is 2.12. The molecule has 1 atom stereocenters. The molecule has 57 valence electrons. The maximum Gasteiger partial charge on any atom is 0.224 e. The summed E-state index contributed by atoms with van der Waals surface area (Å²) in [6.07, 6.45) is 0. The summed E-state index contributed by atoms with van der Waals surface area (Å²) >= 11 is 0. The van der Waals surface area contributed by atoms with Crippen molar-refractivity contribution < 1.29 is 4.79 Å². The molecule has 1 rings (SSSR count). The lowest BCUT2D eigenvalue weighted by Gasteiger charge is -2.04. The number of carbonyl (C=O) groups is 1. The van der Waals surface area contributed by atoms with Gasteiger partial charge in [-0.05, 0) is 18.6 Å². The summed E-state index contributed by atoms with van der Waals surface area (Å²) in [6.45, 7) is 1.77. The van der Waals surface area contributed by atoms with Crippen molar-refractivity contribution in [1.82, 2.24) is 0 Å². The van der Waals surface area contributed by atoms with Crippen molar-refractivity contribution in [2.24, 2.45) is 5.73 Å². The van der Waals surface area contributed by atoms with Gasteiger partial charge in [0.25, 0.3) is 0 Å². The molecule has 0 aromatic heterocycles. The van der Waals surface area contributed by atoms with Crippen LogP contribution in [0.4, 0.5) is 0 Å². The minimum Gasteiger partial charge on any atom is -0.369 e. The summed E-state index contributed by atoms with van der Waals surface area (Å²) in [5.41, 5.74) is 5.96. The molecule has 0 saturated carbocycles. The first-order valence-corrected chi connectivity index (χ1v) is 3.47. The lowest BCUT2D eigenvalue weighted by atomic mass is 10.0. The highest BCUT2D eigenvalue weighted by Gasteiger charge is 2.09. The van der Waals surface area contributed by atoms with E-state index < -0.39 is 0 Å². The molecule has 0 heterocycles. The summed E-state index contributed by atoms with van der Waals surface area (Å²) in [6, 6.07) is 10.3. The molecule has 0 aliphatic rings. The zero-order chi connectivity index (χ0) is 8.27. The molecule has 1 unspecified atom stereocenters. The Labute approximate surface area is 66.0 Å². The molecule has 2 N–H and O–H groups in total. The van der Waals surface area contributed by atoms with E-state index in [1.165, 1.54) is 0 Å². The summed E-state index contributed by atoms with van der Waals surface area (Å²) in [5.74, 6) is -0.552. The fraction of sp³-hybridized carbons (Fsp3) is 0.222. The van der Waals surface area contributed by atoms with Crippen molar-refractivity contribution in [3.05, 3.63) is 35.9 Å². The normalized spacial score (nSPS) is 12.5. The highest BCUT2D eigenvalue weighted by molar-refractivity contribution is 5.81. The fourth-order valence-electron chi connectivity index (χ4n) is 0.830. The Balaban J connectivity index is 2.85. The largest absolute Gasteiger partial charge is 0.369 e. The molecular formula is C9H10NO. The first-order valence-electron chi connectivity index (χ1n) is 3.47. The number of rotatable bonds is 2. The van der Waals surface area contributed by atoms with Crippen LogP contribution in [0.5, 0.6) is 0 Å². The van der Waals surface area contributed by atoms with Crippen molar-refractivity contribution in [3.8, 4) is 0 Å². The van der Waals surface area contributed by atoms with Gasteiger partial charge in [0.05, 0.1) is 5.92 Å². The molecule has 0 bridgehead atoms. The Morgan fingerprint density at radius 1 is 1.64 bits per heavy atom. The van der Waals surface area contributed by atoms with Gasteiger partial charge >= 0.3 is 0 Å². The van der Waals surface area contributed by atoms with Crippen LogP contribution in [0.2, 0.25) is 0 Å². The number of carbonyl (C=O) groups excluding carboxylic acids is 1. The first-order chi connectivity index (χ1) is 5.22. The van der Waals surface area contributed by atoms with Crippen molar-refractivity contribution >= 4 is 5.91 Å². The van der Waals surface area contributed by atoms with Crippen LogP contribution in [0.15, 0.2) is 24.3 Å². The van der Waals surface area contributed by atoms with Crippen LogP contribution < -0.4 is 5.73 Å². The van der Waals surface area contributed by atoms with Gasteiger partial charge in [-0.2, -0.15) is 0 Å². The van der Waals surface area contributed by atoms with Crippen LogP contribution in [0.1, 0.15) is 18.4 Å². The predicted molar refractivity (Wildman–Crippen MR) is 42.9 cm³/mol. The van der Waals surface area contributed by atoms with Crippen molar-refractivity contribution in [2.75, 3.05) is 0 Å². The average Bonchev–Trinajstić information content (AvgIpc) is 2.05. The predicted octanol–water partition coefficient (Wildman–Crippen LogP) is 1.08. The van der Waals surface area contributed by atoms with Gasteiger partial charge in [-0.15, -0.1) is 0 Å². The third-order valence-corrected chi connectivity index (χ3v) is 1.63. The number of benzene rings is 1. The molecule has 2 nitrogen and oxygen atoms in total. The lowest BCUT2D eigenvalue weighted by Crippen LogP contribution is -2.18. The van der Waals surface area contributed by atoms with E-state index in [9.17, 15) is 4.79 Å². The van der Waals surface area contributed by atoms with E-state index in [0.29, 0.717) is 0 Å². The summed E-state index contributed by atoms with van der Waals surface area (Å²) in [7, 11) is 0. The van der Waals surface area contributed by atoms with E-state index in [0.717, 1.165) is 5.56 Å². The fourth-order valence-corrected chi connectivity index (χ4v) is 0.830. The summed E-state index contributed by atoms with van der Waals surface area (Å²) in [5, 5.41) is 0. The van der Waals surface area contributed by atoms with Crippen molar-refractivity contribution in [3.63, 3.8) is 0 Å². The van der Waals surface area contributed by atoms with Gasteiger partial charge in [-0.1, -0.05) is 24.3 Å². The van der Waals surface area contributed by atoms with E-state index in [1.807, 2.05) is 18.2 Å². The number of amides is 1. The highest BCUT2D eigenvalue weighted by atomic mass is 16.1. The topological polar surface area (TPSA) is 43.1 Å². The van der Waals surface area contributed by atoms with Gasteiger partial charge in [0.1, 0.15) is 0 Å². The Hall–Kier alpha value is -1.31. The van der Waals surface area contributed by atoms with Crippen LogP contribution in [0.25, 0.3) is 0 Å². The Bertz CT molecular complexity index is 243. The second-order valence-electron chi connectivity index (χ2n) is 2.44. The number of nitrogens with two attached hydrogens (primary N) is 1. The second-order valence-corrected chi connectivity index (χ2v) is 2.44. The van der Waals surface area contributed by atoms with Gasteiger partial charge < -0.3 is 5.73 Å². The second kappa shape index (κ2) is 3.19. The van der Waals surface area contributed by atoms with Crippen molar-refractivity contribution in [1.29, 1.82) is 0 Å². The Morgan fingerprint density at radius 3 is 2.82 bits per heavy atom. The monoisotopic (exact) mass is 148 g/mol. The van der Waals surface area contributed by atoms with Crippen molar-refractivity contribution in [2.45, 2.75) is 12.8 Å². The molecule has 0 spiro atoms. The number of hydrogen-bond acceptors (Lipinski definition) is 1. The van der Waals surface area contributed by atoms with Gasteiger partial charge in [-0.25, -0.2) is 0 Å². The van der Waals surface area contributed by atoms with Gasteiger partial charge in [0.2, 0.25) is 5.91 Å². The Kier molecular flexibility index (Phi) is 2.26. The zero-order valence-electron chi connectivity index (χ0n) is 6.37. The minimum absolute atomic E-state index is 0.240. The third kappa shape index (κ3) is 1.80. The quantitative estimate of drug-likeness (QED) is 0.670. The lowest BCUT2D eigenvalue weighted by molar-refractivity contribution is -0.119. The molecule has 11 heavy (non-hydrogen) atoms. The van der Waals surface area contributed by atoms with E-state index in [2.05, 4.69) is 6.07 Å². The molecule has 1 amide bonds. The van der Waals surface area contributed by atoms with Gasteiger partial charge in [-0.3, -0.25) is 4.79 Å². The van der Waals surface area contributed by atoms with Crippen LogP contribution >= 0.6 is 0 Å². The van der Waals surface area contributed by atoms with Crippen LogP contribution in [0.3, 0.4) is 0 Å². The van der Waals surface area contributed by atoms with Gasteiger partial charge in [0.15, 0.2) is 0 Å². The zero-order valence-corrected chi connectivity index (χ0v) is 6.37. The number of primary amides is 1. The van der Waals surface area contributed by atoms with Gasteiger partial charge in [0, 0.05) is 0 Å². The SMILES string of the molecule is CC(C(N)=O)c1[c]cccc1.